The van der Waals surface area contributed by atoms with E-state index in [1.54, 1.807) is 42.9 Å². The Hall–Kier alpha value is -3.37. The fourth-order valence-electron chi connectivity index (χ4n) is 4.25. The molecule has 3 aromatic heterocycles. The Balaban J connectivity index is 1.66. The summed E-state index contributed by atoms with van der Waals surface area (Å²) >= 11 is 0. The maximum atomic E-state index is 13.9. The molecule has 0 saturated carbocycles. The van der Waals surface area contributed by atoms with E-state index in [1.165, 1.54) is 10.7 Å². The summed E-state index contributed by atoms with van der Waals surface area (Å²) in [6.07, 6.45) is 1.86. The lowest BCUT2D eigenvalue weighted by molar-refractivity contribution is -0.151. The molecule has 1 aliphatic heterocycles. The number of ether oxygens (including phenoxy) is 1. The maximum absolute atomic E-state index is 13.9. The van der Waals surface area contributed by atoms with Gasteiger partial charge in [0.1, 0.15) is 6.54 Å². The number of likely N-dealkylation sites (tertiary alicyclic amines) is 1. The molecular weight excluding hydrogens is 434 g/mol. The standard InChI is InChI=1S/C22H26F2N6O3/c1-4-33-22(32)14-6-5-7-29(11-14)18(31)12-30-21-19(13(2)27-30)16(20(23)24)8-17(26-21)15-9-25-28(3)10-15/h8-10,14,20H,4-7,11-12H2,1-3H3. The third kappa shape index (κ3) is 4.57. The summed E-state index contributed by atoms with van der Waals surface area (Å²) in [6, 6.07) is 1.35. The number of pyridine rings is 1. The summed E-state index contributed by atoms with van der Waals surface area (Å²) in [4.78, 5) is 31.3. The minimum atomic E-state index is -2.73. The van der Waals surface area contributed by atoms with Gasteiger partial charge in [0.2, 0.25) is 5.91 Å². The quantitative estimate of drug-likeness (QED) is 0.525. The molecule has 1 unspecified atom stereocenters. The van der Waals surface area contributed by atoms with Crippen LogP contribution in [0, 0.1) is 12.8 Å². The number of esters is 1. The Kier molecular flexibility index (Phi) is 6.39. The number of aryl methyl sites for hydroxylation is 2. The molecule has 0 radical (unpaired) electrons. The van der Waals surface area contributed by atoms with Gasteiger partial charge in [-0.3, -0.25) is 14.3 Å². The van der Waals surface area contributed by atoms with Crippen molar-refractivity contribution in [3.63, 3.8) is 0 Å². The molecule has 4 rings (SSSR count). The van der Waals surface area contributed by atoms with E-state index in [0.29, 0.717) is 42.9 Å². The number of piperidine rings is 1. The number of amides is 1. The topological polar surface area (TPSA) is 95.1 Å². The Labute approximate surface area is 189 Å². The van der Waals surface area contributed by atoms with Gasteiger partial charge in [-0.05, 0) is 32.8 Å². The van der Waals surface area contributed by atoms with E-state index in [-0.39, 0.29) is 47.5 Å². The molecule has 33 heavy (non-hydrogen) atoms. The molecule has 1 saturated heterocycles. The van der Waals surface area contributed by atoms with E-state index in [0.717, 1.165) is 0 Å². The van der Waals surface area contributed by atoms with Gasteiger partial charge >= 0.3 is 5.97 Å². The van der Waals surface area contributed by atoms with Crippen LogP contribution in [0.4, 0.5) is 8.78 Å². The lowest BCUT2D eigenvalue weighted by atomic mass is 9.98. The number of alkyl halides is 2. The van der Waals surface area contributed by atoms with Crippen molar-refractivity contribution in [2.45, 2.75) is 39.7 Å². The van der Waals surface area contributed by atoms with Crippen molar-refractivity contribution < 1.29 is 23.1 Å². The van der Waals surface area contributed by atoms with E-state index >= 15 is 0 Å². The van der Waals surface area contributed by atoms with Crippen molar-refractivity contribution in [2.24, 2.45) is 13.0 Å². The van der Waals surface area contributed by atoms with E-state index in [4.69, 9.17) is 4.74 Å². The molecule has 0 aliphatic carbocycles. The molecule has 4 heterocycles. The van der Waals surface area contributed by atoms with Gasteiger partial charge in [0.15, 0.2) is 5.65 Å². The third-order valence-corrected chi connectivity index (χ3v) is 5.82. The lowest BCUT2D eigenvalue weighted by Gasteiger charge is -2.31. The highest BCUT2D eigenvalue weighted by Crippen LogP contribution is 2.33. The summed E-state index contributed by atoms with van der Waals surface area (Å²) < 4.78 is 35.9. The average molecular weight is 460 g/mol. The monoisotopic (exact) mass is 460 g/mol. The van der Waals surface area contributed by atoms with Crippen LogP contribution in [-0.2, 0) is 27.9 Å². The molecule has 1 aliphatic rings. The van der Waals surface area contributed by atoms with Crippen LogP contribution in [0.1, 0.15) is 37.4 Å². The van der Waals surface area contributed by atoms with Crippen molar-refractivity contribution >= 4 is 22.9 Å². The molecule has 1 atom stereocenters. The lowest BCUT2D eigenvalue weighted by Crippen LogP contribution is -2.44. The Bertz CT molecular complexity index is 1190. The number of halogens is 2. The zero-order valence-corrected chi connectivity index (χ0v) is 18.8. The van der Waals surface area contributed by atoms with Gasteiger partial charge in [-0.2, -0.15) is 10.2 Å². The van der Waals surface area contributed by atoms with Crippen LogP contribution in [0.25, 0.3) is 22.3 Å². The average Bonchev–Trinajstić information content (AvgIpc) is 3.36. The SMILES string of the molecule is CCOC(=O)C1CCCN(C(=O)Cn2nc(C)c3c(C(F)F)cc(-c4cnn(C)c4)nc32)C1. The molecule has 3 aromatic rings. The number of fused-ring (bicyclic) bond motifs is 1. The zero-order chi connectivity index (χ0) is 23.7. The molecule has 1 amide bonds. The summed E-state index contributed by atoms with van der Waals surface area (Å²) in [6.45, 7) is 4.29. The summed E-state index contributed by atoms with van der Waals surface area (Å²) in [5, 5.41) is 8.68. The van der Waals surface area contributed by atoms with Crippen LogP contribution < -0.4 is 0 Å². The molecule has 1 fully saturated rings. The Morgan fingerprint density at radius 2 is 2.12 bits per heavy atom. The molecule has 0 spiro atoms. The number of hydrogen-bond donors (Lipinski definition) is 0. The van der Waals surface area contributed by atoms with Crippen molar-refractivity contribution in [1.29, 1.82) is 0 Å². The number of aromatic nitrogens is 5. The smallest absolute Gasteiger partial charge is 0.310 e. The first kappa shape index (κ1) is 22.8. The van der Waals surface area contributed by atoms with Gasteiger partial charge in [0.05, 0.1) is 35.5 Å². The number of rotatable bonds is 6. The molecule has 9 nitrogen and oxygen atoms in total. The number of carbonyl (C=O) groups excluding carboxylic acids is 2. The van der Waals surface area contributed by atoms with E-state index in [2.05, 4.69) is 15.2 Å². The second kappa shape index (κ2) is 9.24. The van der Waals surface area contributed by atoms with Gasteiger partial charge in [0, 0.05) is 37.5 Å². The number of hydrogen-bond acceptors (Lipinski definition) is 6. The van der Waals surface area contributed by atoms with Crippen molar-refractivity contribution in [3.8, 4) is 11.3 Å². The molecule has 0 N–H and O–H groups in total. The van der Waals surface area contributed by atoms with Gasteiger partial charge < -0.3 is 9.64 Å². The normalized spacial score (nSPS) is 16.5. The van der Waals surface area contributed by atoms with Gasteiger partial charge in [0.25, 0.3) is 6.43 Å². The summed E-state index contributed by atoms with van der Waals surface area (Å²) in [7, 11) is 1.73. The second-order valence-electron chi connectivity index (χ2n) is 8.17. The first-order valence-corrected chi connectivity index (χ1v) is 10.9. The first-order valence-electron chi connectivity index (χ1n) is 10.9. The van der Waals surface area contributed by atoms with E-state index in [9.17, 15) is 18.4 Å². The fourth-order valence-corrected chi connectivity index (χ4v) is 4.25. The van der Waals surface area contributed by atoms with E-state index < -0.39 is 6.43 Å². The minimum Gasteiger partial charge on any atom is -0.466 e. The maximum Gasteiger partial charge on any atom is 0.310 e. The van der Waals surface area contributed by atoms with Crippen LogP contribution in [-0.4, -0.2) is 61.0 Å². The number of carbonyl (C=O) groups is 2. The Morgan fingerprint density at radius 1 is 1.33 bits per heavy atom. The van der Waals surface area contributed by atoms with Crippen molar-refractivity contribution in [2.75, 3.05) is 19.7 Å². The Morgan fingerprint density at radius 3 is 2.79 bits per heavy atom. The minimum absolute atomic E-state index is 0.161. The largest absolute Gasteiger partial charge is 0.466 e. The van der Waals surface area contributed by atoms with Crippen molar-refractivity contribution in [1.82, 2.24) is 29.4 Å². The van der Waals surface area contributed by atoms with Gasteiger partial charge in [-0.15, -0.1) is 0 Å². The first-order chi connectivity index (χ1) is 15.8. The van der Waals surface area contributed by atoms with Crippen molar-refractivity contribution in [3.05, 3.63) is 29.7 Å². The molecule has 0 aromatic carbocycles. The predicted molar refractivity (Wildman–Crippen MR) is 115 cm³/mol. The highest BCUT2D eigenvalue weighted by Gasteiger charge is 2.30. The molecule has 176 valence electrons. The van der Waals surface area contributed by atoms with Crippen LogP contribution in [0.2, 0.25) is 0 Å². The van der Waals surface area contributed by atoms with E-state index in [1.807, 2.05) is 0 Å². The molecule has 11 heteroatoms. The zero-order valence-electron chi connectivity index (χ0n) is 18.8. The van der Waals surface area contributed by atoms with Crippen LogP contribution in [0.5, 0.6) is 0 Å². The highest BCUT2D eigenvalue weighted by molar-refractivity contribution is 5.87. The highest BCUT2D eigenvalue weighted by atomic mass is 19.3. The summed E-state index contributed by atoms with van der Waals surface area (Å²) in [5.41, 5.74) is 1.33. The fraction of sp³-hybridized carbons (Fsp3) is 0.500. The number of nitrogens with zero attached hydrogens (tertiary/aromatic N) is 6. The van der Waals surface area contributed by atoms with Crippen LogP contribution >= 0.6 is 0 Å². The summed E-state index contributed by atoms with van der Waals surface area (Å²) in [5.74, 6) is -0.917. The second-order valence-corrected chi connectivity index (χ2v) is 8.17. The van der Waals surface area contributed by atoms with Crippen LogP contribution in [0.3, 0.4) is 0 Å². The molecular formula is C22H26F2N6O3. The third-order valence-electron chi connectivity index (χ3n) is 5.82. The predicted octanol–water partition coefficient (Wildman–Crippen LogP) is 2.88. The van der Waals surface area contributed by atoms with Gasteiger partial charge in [-0.1, -0.05) is 0 Å². The molecule has 0 bridgehead atoms. The van der Waals surface area contributed by atoms with Crippen LogP contribution in [0.15, 0.2) is 18.5 Å². The van der Waals surface area contributed by atoms with Gasteiger partial charge in [-0.25, -0.2) is 18.4 Å².